The summed E-state index contributed by atoms with van der Waals surface area (Å²) in [5.74, 6) is -1.55. The minimum Gasteiger partial charge on any atom is -0.469 e. The molecule has 0 aliphatic carbocycles. The summed E-state index contributed by atoms with van der Waals surface area (Å²) in [6, 6.07) is 5.23. The first-order chi connectivity index (χ1) is 12.9. The number of hydrogen-bond acceptors (Lipinski definition) is 5. The number of methoxy groups -OCH3 is 1. The Labute approximate surface area is 166 Å². The van der Waals surface area contributed by atoms with Crippen molar-refractivity contribution >= 4 is 12.1 Å². The lowest BCUT2D eigenvalue weighted by Gasteiger charge is -2.30. The summed E-state index contributed by atoms with van der Waals surface area (Å²) in [6.45, 7) is 8.98. The average molecular weight is 397 g/mol. The third-order valence-corrected chi connectivity index (χ3v) is 4.27. The van der Waals surface area contributed by atoms with Crippen LogP contribution in [-0.4, -0.2) is 42.0 Å². The fraction of sp³-hybridized carbons (Fsp3) is 0.619. The second-order valence-electron chi connectivity index (χ2n) is 8.27. The van der Waals surface area contributed by atoms with E-state index in [1.54, 1.807) is 32.9 Å². The lowest BCUT2D eigenvalue weighted by molar-refractivity contribution is -0.146. The second kappa shape index (κ2) is 10.4. The van der Waals surface area contributed by atoms with Crippen LogP contribution in [0.25, 0.3) is 0 Å². The Kier molecular flexibility index (Phi) is 8.88. The topological polar surface area (TPSA) is 84.9 Å². The molecular formula is C21H32FNO5. The molecule has 0 heterocycles. The smallest absolute Gasteiger partial charge is 0.407 e. The van der Waals surface area contributed by atoms with Gasteiger partial charge in [0.15, 0.2) is 0 Å². The van der Waals surface area contributed by atoms with Gasteiger partial charge < -0.3 is 19.9 Å². The van der Waals surface area contributed by atoms with Gasteiger partial charge in [0, 0.05) is 0 Å². The van der Waals surface area contributed by atoms with Gasteiger partial charge in [0.1, 0.15) is 11.4 Å². The highest BCUT2D eigenvalue weighted by Gasteiger charge is 2.31. The Bertz CT molecular complexity index is 639. The zero-order chi connectivity index (χ0) is 21.5. The zero-order valence-electron chi connectivity index (χ0n) is 17.5. The quantitative estimate of drug-likeness (QED) is 0.656. The number of nitrogens with one attached hydrogen (secondary N) is 1. The lowest BCUT2D eigenvalue weighted by Crippen LogP contribution is -2.49. The van der Waals surface area contributed by atoms with E-state index in [2.05, 4.69) is 5.32 Å². The summed E-state index contributed by atoms with van der Waals surface area (Å²) in [5.41, 5.74) is 0.0958. The predicted octanol–water partition coefficient (Wildman–Crippen LogP) is 3.46. The highest BCUT2D eigenvalue weighted by molar-refractivity contribution is 5.72. The van der Waals surface area contributed by atoms with Gasteiger partial charge in [-0.3, -0.25) is 4.79 Å². The minimum absolute atomic E-state index is 0.0860. The van der Waals surface area contributed by atoms with Crippen molar-refractivity contribution in [2.45, 2.75) is 65.2 Å². The van der Waals surface area contributed by atoms with Gasteiger partial charge in [-0.2, -0.15) is 0 Å². The summed E-state index contributed by atoms with van der Waals surface area (Å²) in [5, 5.41) is 13.4. The molecule has 1 amide bonds. The van der Waals surface area contributed by atoms with E-state index in [-0.39, 0.29) is 18.2 Å². The number of halogens is 1. The maximum absolute atomic E-state index is 13.1. The number of rotatable bonds is 8. The Balaban J connectivity index is 2.86. The molecular weight excluding hydrogens is 365 g/mol. The molecule has 1 aromatic rings. The Morgan fingerprint density at radius 3 is 2.21 bits per heavy atom. The molecule has 0 bridgehead atoms. The zero-order valence-corrected chi connectivity index (χ0v) is 17.5. The molecule has 0 saturated heterocycles. The number of amides is 1. The van der Waals surface area contributed by atoms with Crippen LogP contribution in [0.4, 0.5) is 9.18 Å². The number of esters is 1. The van der Waals surface area contributed by atoms with Gasteiger partial charge in [0.2, 0.25) is 0 Å². The van der Waals surface area contributed by atoms with Gasteiger partial charge >= 0.3 is 12.1 Å². The van der Waals surface area contributed by atoms with Gasteiger partial charge in [-0.25, -0.2) is 9.18 Å². The van der Waals surface area contributed by atoms with E-state index in [4.69, 9.17) is 9.47 Å². The van der Waals surface area contributed by atoms with Gasteiger partial charge in [0.25, 0.3) is 0 Å². The maximum Gasteiger partial charge on any atom is 0.407 e. The molecule has 1 aromatic carbocycles. The minimum atomic E-state index is -0.989. The summed E-state index contributed by atoms with van der Waals surface area (Å²) < 4.78 is 23.2. The molecule has 0 saturated carbocycles. The first kappa shape index (κ1) is 23.9. The Morgan fingerprint density at radius 1 is 1.18 bits per heavy atom. The molecule has 0 spiro atoms. The summed E-state index contributed by atoms with van der Waals surface area (Å²) in [7, 11) is 1.28. The van der Waals surface area contributed by atoms with Crippen molar-refractivity contribution in [3.63, 3.8) is 0 Å². The number of ether oxygens (including phenoxy) is 2. The third kappa shape index (κ3) is 8.25. The summed E-state index contributed by atoms with van der Waals surface area (Å²) >= 11 is 0. The molecule has 0 radical (unpaired) electrons. The molecule has 0 aliphatic heterocycles. The molecule has 2 N–H and O–H groups in total. The average Bonchev–Trinajstić information content (AvgIpc) is 2.58. The van der Waals surface area contributed by atoms with Crippen LogP contribution in [0.5, 0.6) is 0 Å². The fourth-order valence-electron chi connectivity index (χ4n) is 2.92. The van der Waals surface area contributed by atoms with Crippen molar-refractivity contribution in [3.05, 3.63) is 35.6 Å². The number of hydrogen-bond donors (Lipinski definition) is 2. The number of alkyl carbamates (subject to hydrolysis) is 1. The Hall–Kier alpha value is -2.15. The van der Waals surface area contributed by atoms with E-state index in [0.29, 0.717) is 6.42 Å². The number of carbonyl (C=O) groups excluding carboxylic acids is 2. The van der Waals surface area contributed by atoms with Crippen LogP contribution in [0, 0.1) is 17.7 Å². The van der Waals surface area contributed by atoms with Crippen molar-refractivity contribution < 1.29 is 28.6 Å². The van der Waals surface area contributed by atoms with E-state index in [0.717, 1.165) is 5.56 Å². The molecule has 6 nitrogen and oxygen atoms in total. The van der Waals surface area contributed by atoms with Crippen LogP contribution in [0.1, 0.15) is 46.6 Å². The van der Waals surface area contributed by atoms with Crippen LogP contribution >= 0.6 is 0 Å². The number of benzene rings is 1. The van der Waals surface area contributed by atoms with E-state index >= 15 is 0 Å². The van der Waals surface area contributed by atoms with E-state index in [9.17, 15) is 19.1 Å². The molecule has 158 valence electrons. The number of aliphatic hydroxyl groups excluding tert-OH is 1. The Morgan fingerprint density at radius 2 is 1.75 bits per heavy atom. The molecule has 3 atom stereocenters. The van der Waals surface area contributed by atoms with E-state index < -0.39 is 35.7 Å². The molecule has 1 unspecified atom stereocenters. The first-order valence-corrected chi connectivity index (χ1v) is 9.42. The highest BCUT2D eigenvalue weighted by Crippen LogP contribution is 2.21. The molecule has 1 rings (SSSR count). The van der Waals surface area contributed by atoms with E-state index in [1.165, 1.54) is 19.2 Å². The van der Waals surface area contributed by atoms with Crippen molar-refractivity contribution in [2.24, 2.45) is 11.8 Å². The van der Waals surface area contributed by atoms with E-state index in [1.807, 2.05) is 13.8 Å². The maximum atomic E-state index is 13.1. The van der Waals surface area contributed by atoms with Crippen molar-refractivity contribution in [1.82, 2.24) is 5.32 Å². The molecule has 0 aromatic heterocycles. The first-order valence-electron chi connectivity index (χ1n) is 9.42. The van der Waals surface area contributed by atoms with Gasteiger partial charge in [-0.15, -0.1) is 0 Å². The standard InChI is InChI=1S/C21H32FNO5/c1-13(2)18(23-20(26)28-21(3,4)5)17(24)12-15(19(25)27-6)11-14-7-9-16(22)10-8-14/h7-10,13,15,17-18,24H,11-12H2,1-6H3,(H,23,26)/t15-,17?,18+/m1/s1. The van der Waals surface area contributed by atoms with Gasteiger partial charge in [0.05, 0.1) is 25.2 Å². The molecule has 7 heteroatoms. The van der Waals surface area contributed by atoms with Gasteiger partial charge in [-0.1, -0.05) is 26.0 Å². The van der Waals surface area contributed by atoms with Crippen molar-refractivity contribution in [1.29, 1.82) is 0 Å². The van der Waals surface area contributed by atoms with Crippen LogP contribution in [-0.2, 0) is 20.7 Å². The summed E-state index contributed by atoms with van der Waals surface area (Å²) in [4.78, 5) is 24.3. The SMILES string of the molecule is COC(=O)[C@H](Cc1ccc(F)cc1)CC(O)[C@@H](NC(=O)OC(C)(C)C)C(C)C. The normalized spacial score (nSPS) is 14.9. The number of aliphatic hydroxyl groups is 1. The van der Waals surface area contributed by atoms with Crippen LogP contribution in [0.3, 0.4) is 0 Å². The fourth-order valence-corrected chi connectivity index (χ4v) is 2.92. The van der Waals surface area contributed by atoms with Crippen LogP contribution in [0.2, 0.25) is 0 Å². The van der Waals surface area contributed by atoms with Gasteiger partial charge in [-0.05, 0) is 57.2 Å². The molecule has 28 heavy (non-hydrogen) atoms. The number of carbonyl (C=O) groups is 2. The second-order valence-corrected chi connectivity index (χ2v) is 8.27. The summed E-state index contributed by atoms with van der Waals surface area (Å²) in [6.07, 6.45) is -1.24. The highest BCUT2D eigenvalue weighted by atomic mass is 19.1. The monoisotopic (exact) mass is 397 g/mol. The van der Waals surface area contributed by atoms with Crippen LogP contribution in [0.15, 0.2) is 24.3 Å². The predicted molar refractivity (Wildman–Crippen MR) is 104 cm³/mol. The lowest BCUT2D eigenvalue weighted by atomic mass is 9.88. The molecule has 0 aliphatic rings. The van der Waals surface area contributed by atoms with Crippen LogP contribution < -0.4 is 5.32 Å². The van der Waals surface area contributed by atoms with Crippen molar-refractivity contribution in [2.75, 3.05) is 7.11 Å². The third-order valence-electron chi connectivity index (χ3n) is 4.27. The largest absolute Gasteiger partial charge is 0.469 e. The molecule has 0 fully saturated rings. The van der Waals surface area contributed by atoms with Crippen molar-refractivity contribution in [3.8, 4) is 0 Å².